The van der Waals surface area contributed by atoms with Gasteiger partial charge in [-0.25, -0.2) is 4.79 Å². The topological polar surface area (TPSA) is 100 Å². The Morgan fingerprint density at radius 2 is 1.57 bits per heavy atom. The van der Waals surface area contributed by atoms with Gasteiger partial charge >= 0.3 is 11.9 Å². The van der Waals surface area contributed by atoms with Crippen molar-refractivity contribution in [3.05, 3.63) is 90.0 Å². The molecule has 0 aliphatic heterocycles. The molecule has 0 radical (unpaired) electrons. The Bertz CT molecular complexity index is 1330. The number of hydrogen-bond donors (Lipinski definition) is 1. The fourth-order valence-electron chi connectivity index (χ4n) is 4.27. The van der Waals surface area contributed by atoms with E-state index in [0.717, 1.165) is 23.1 Å². The van der Waals surface area contributed by atoms with Crippen LogP contribution in [0, 0.1) is 5.92 Å². The van der Waals surface area contributed by atoms with E-state index in [0.29, 0.717) is 37.3 Å². The molecule has 0 bridgehead atoms. The van der Waals surface area contributed by atoms with Crippen LogP contribution in [0.4, 0.5) is 0 Å². The Labute approximate surface area is 261 Å². The van der Waals surface area contributed by atoms with Gasteiger partial charge in [0.15, 0.2) is 6.61 Å². The first-order chi connectivity index (χ1) is 21.0. The van der Waals surface area contributed by atoms with Crippen molar-refractivity contribution in [2.45, 2.75) is 72.2 Å². The van der Waals surface area contributed by atoms with Crippen LogP contribution < -0.4 is 10.1 Å². The van der Waals surface area contributed by atoms with Crippen molar-refractivity contribution in [2.24, 2.45) is 5.92 Å². The number of nitrogens with one attached hydrogen (secondary N) is 1. The zero-order valence-electron chi connectivity index (χ0n) is 26.5. The molecule has 3 rings (SSSR count). The molecule has 0 saturated heterocycles. The first-order valence-corrected chi connectivity index (χ1v) is 15.2. The highest BCUT2D eigenvalue weighted by molar-refractivity contribution is 5.91. The number of ether oxygens (including phenoxy) is 4. The van der Waals surface area contributed by atoms with Crippen molar-refractivity contribution < 1.29 is 33.3 Å². The molecule has 0 aliphatic carbocycles. The van der Waals surface area contributed by atoms with Crippen molar-refractivity contribution >= 4 is 17.8 Å². The molecule has 0 fully saturated rings. The van der Waals surface area contributed by atoms with E-state index in [1.54, 1.807) is 24.3 Å². The maximum absolute atomic E-state index is 12.6. The molecule has 1 N–H and O–H groups in total. The molecule has 0 spiro atoms. The number of carbonyl (C=O) groups excluding carboxylic acids is 3. The number of benzene rings is 3. The molecule has 0 aliphatic rings. The van der Waals surface area contributed by atoms with Crippen molar-refractivity contribution in [3.63, 3.8) is 0 Å². The van der Waals surface area contributed by atoms with Crippen LogP contribution in [0.3, 0.4) is 0 Å². The third-order valence-corrected chi connectivity index (χ3v) is 6.73. The number of rotatable bonds is 16. The summed E-state index contributed by atoms with van der Waals surface area (Å²) in [6, 6.07) is 24.2. The van der Waals surface area contributed by atoms with Gasteiger partial charge in [-0.3, -0.25) is 9.59 Å². The van der Waals surface area contributed by atoms with Crippen molar-refractivity contribution in [1.82, 2.24) is 5.32 Å². The molecule has 0 saturated carbocycles. The minimum absolute atomic E-state index is 0.0233. The molecule has 8 nitrogen and oxygen atoms in total. The number of esters is 2. The largest absolute Gasteiger partial charge is 0.484 e. The summed E-state index contributed by atoms with van der Waals surface area (Å²) in [6.45, 7) is 10.6. The Kier molecular flexibility index (Phi) is 13.4. The van der Waals surface area contributed by atoms with Crippen LogP contribution in [0.15, 0.2) is 78.9 Å². The molecule has 1 amide bonds. The van der Waals surface area contributed by atoms with Crippen LogP contribution in [0.2, 0.25) is 0 Å². The molecular weight excluding hydrogens is 558 g/mol. The molecule has 3 aromatic carbocycles. The molecular formula is C36H45NO7. The van der Waals surface area contributed by atoms with Gasteiger partial charge in [0.05, 0.1) is 17.6 Å². The number of hydrogen-bond acceptors (Lipinski definition) is 7. The summed E-state index contributed by atoms with van der Waals surface area (Å²) in [5.41, 5.74) is 2.71. The lowest BCUT2D eigenvalue weighted by atomic mass is 10.0. The van der Waals surface area contributed by atoms with Crippen LogP contribution >= 0.6 is 0 Å². The molecule has 2 unspecified atom stereocenters. The summed E-state index contributed by atoms with van der Waals surface area (Å²) in [4.78, 5) is 36.9. The second-order valence-corrected chi connectivity index (χ2v) is 11.9. The Morgan fingerprint density at radius 1 is 0.841 bits per heavy atom. The van der Waals surface area contributed by atoms with Crippen LogP contribution in [0.25, 0.3) is 11.1 Å². The SMILES string of the molecule is CC(CCNC(=O)COc1ccc(-c2cccc(C(=O)OCc3ccccc3)c2)cc1)OCCCC(C)C(=O)OC(C)(C)C. The third-order valence-electron chi connectivity index (χ3n) is 6.73. The average molecular weight is 604 g/mol. The summed E-state index contributed by atoms with van der Waals surface area (Å²) in [5, 5.41) is 2.85. The van der Waals surface area contributed by atoms with Gasteiger partial charge in [0, 0.05) is 13.2 Å². The molecule has 236 valence electrons. The van der Waals surface area contributed by atoms with E-state index in [9.17, 15) is 14.4 Å². The molecule has 8 heteroatoms. The smallest absolute Gasteiger partial charge is 0.338 e. The number of amides is 1. The predicted octanol–water partition coefficient (Wildman–Crippen LogP) is 6.76. The van der Waals surface area contributed by atoms with Crippen LogP contribution in [0.1, 0.15) is 69.8 Å². The normalized spacial score (nSPS) is 12.6. The minimum atomic E-state index is -0.479. The van der Waals surface area contributed by atoms with Gasteiger partial charge in [0.1, 0.15) is 18.0 Å². The zero-order valence-corrected chi connectivity index (χ0v) is 26.5. The van der Waals surface area contributed by atoms with E-state index in [1.807, 2.05) is 89.2 Å². The van der Waals surface area contributed by atoms with Gasteiger partial charge in [-0.05, 0) is 87.9 Å². The fraction of sp³-hybridized carbons (Fsp3) is 0.417. The van der Waals surface area contributed by atoms with Crippen LogP contribution in [0.5, 0.6) is 5.75 Å². The summed E-state index contributed by atoms with van der Waals surface area (Å²) < 4.78 is 22.3. The van der Waals surface area contributed by atoms with Gasteiger partial charge in [-0.15, -0.1) is 0 Å². The maximum atomic E-state index is 12.6. The van der Waals surface area contributed by atoms with E-state index in [4.69, 9.17) is 18.9 Å². The van der Waals surface area contributed by atoms with Crippen LogP contribution in [-0.4, -0.2) is 49.3 Å². The maximum Gasteiger partial charge on any atom is 0.338 e. The molecule has 2 atom stereocenters. The van der Waals surface area contributed by atoms with E-state index in [-0.39, 0.29) is 43.1 Å². The van der Waals surface area contributed by atoms with E-state index in [1.165, 1.54) is 0 Å². The third kappa shape index (κ3) is 12.6. The second-order valence-electron chi connectivity index (χ2n) is 11.9. The monoisotopic (exact) mass is 603 g/mol. The highest BCUT2D eigenvalue weighted by atomic mass is 16.6. The Balaban J connectivity index is 1.32. The Morgan fingerprint density at radius 3 is 2.27 bits per heavy atom. The van der Waals surface area contributed by atoms with Crippen LogP contribution in [-0.2, 0) is 30.4 Å². The molecule has 44 heavy (non-hydrogen) atoms. The summed E-state index contributed by atoms with van der Waals surface area (Å²) in [5.74, 6) is -0.382. The Hall–Kier alpha value is -4.17. The van der Waals surface area contributed by atoms with Gasteiger partial charge in [-0.2, -0.15) is 0 Å². The van der Waals surface area contributed by atoms with Gasteiger partial charge in [0.25, 0.3) is 5.91 Å². The molecule has 3 aromatic rings. The first-order valence-electron chi connectivity index (χ1n) is 15.2. The van der Waals surface area contributed by atoms with Gasteiger partial charge < -0.3 is 24.3 Å². The average Bonchev–Trinajstić information content (AvgIpc) is 3.01. The second kappa shape index (κ2) is 17.2. The fourth-order valence-corrected chi connectivity index (χ4v) is 4.27. The van der Waals surface area contributed by atoms with E-state index < -0.39 is 5.60 Å². The van der Waals surface area contributed by atoms with Gasteiger partial charge in [0.2, 0.25) is 0 Å². The standard InChI is InChI=1S/C36H45NO7/c1-26(34(39)44-36(3,4)5)11-10-22-41-27(2)20-21-37-33(38)25-42-32-18-16-29(17-19-32)30-14-9-15-31(23-30)35(40)43-24-28-12-7-6-8-13-28/h6-9,12-19,23,26-27H,10-11,20-22,24-25H2,1-5H3,(H,37,38). The quantitative estimate of drug-likeness (QED) is 0.143. The first kappa shape index (κ1) is 34.3. The summed E-state index contributed by atoms with van der Waals surface area (Å²) >= 11 is 0. The number of carbonyl (C=O) groups is 3. The minimum Gasteiger partial charge on any atom is -0.484 e. The molecule has 0 heterocycles. The van der Waals surface area contributed by atoms with Crippen molar-refractivity contribution in [3.8, 4) is 16.9 Å². The van der Waals surface area contributed by atoms with E-state index >= 15 is 0 Å². The van der Waals surface area contributed by atoms with Crippen molar-refractivity contribution in [2.75, 3.05) is 19.8 Å². The molecule has 0 aromatic heterocycles. The van der Waals surface area contributed by atoms with E-state index in [2.05, 4.69) is 5.32 Å². The van der Waals surface area contributed by atoms with Crippen molar-refractivity contribution in [1.29, 1.82) is 0 Å². The van der Waals surface area contributed by atoms with Gasteiger partial charge in [-0.1, -0.05) is 61.5 Å². The highest BCUT2D eigenvalue weighted by Gasteiger charge is 2.21. The predicted molar refractivity (Wildman–Crippen MR) is 170 cm³/mol. The highest BCUT2D eigenvalue weighted by Crippen LogP contribution is 2.24. The lowest BCUT2D eigenvalue weighted by Gasteiger charge is -2.22. The zero-order chi connectivity index (χ0) is 32.0. The lowest BCUT2D eigenvalue weighted by Crippen LogP contribution is -2.31. The lowest BCUT2D eigenvalue weighted by molar-refractivity contribution is -0.159. The summed E-state index contributed by atoms with van der Waals surface area (Å²) in [6.07, 6.45) is 2.11. The summed E-state index contributed by atoms with van der Waals surface area (Å²) in [7, 11) is 0.